The first-order valence-corrected chi connectivity index (χ1v) is 10.7. The van der Waals surface area contributed by atoms with Crippen LogP contribution in [0.1, 0.15) is 56.1 Å². The largest absolute Gasteiger partial charge is 0.493 e. The molecule has 4 atom stereocenters. The van der Waals surface area contributed by atoms with Crippen LogP contribution in [0.3, 0.4) is 0 Å². The summed E-state index contributed by atoms with van der Waals surface area (Å²) in [5.41, 5.74) is 2.15. The molecule has 6 nitrogen and oxygen atoms in total. The zero-order valence-corrected chi connectivity index (χ0v) is 16.0. The lowest BCUT2D eigenvalue weighted by Crippen LogP contribution is -2.42. The number of aryl methyl sites for hydroxylation is 1. The Morgan fingerprint density at radius 1 is 1.15 bits per heavy atom. The highest BCUT2D eigenvalue weighted by Crippen LogP contribution is 2.60. The molecule has 4 rings (SSSR count). The zero-order chi connectivity index (χ0) is 18.7. The van der Waals surface area contributed by atoms with Crippen molar-refractivity contribution in [1.29, 1.82) is 0 Å². The minimum atomic E-state index is -4.10. The minimum Gasteiger partial charge on any atom is -0.493 e. The summed E-state index contributed by atoms with van der Waals surface area (Å²) in [6.07, 6.45) is 5.48. The molecule has 0 aromatic heterocycles. The van der Waals surface area contributed by atoms with Crippen molar-refractivity contribution in [2.24, 2.45) is 22.4 Å². The number of hydrogen-bond acceptors (Lipinski definition) is 5. The Bertz CT molecular complexity index is 865. The van der Waals surface area contributed by atoms with E-state index in [4.69, 9.17) is 14.1 Å². The van der Waals surface area contributed by atoms with E-state index in [-0.39, 0.29) is 11.2 Å². The average Bonchev–Trinajstić information content (AvgIpc) is 2.88. The van der Waals surface area contributed by atoms with E-state index in [1.807, 2.05) is 6.07 Å². The molecule has 3 aliphatic rings. The van der Waals surface area contributed by atoms with Crippen molar-refractivity contribution in [3.63, 3.8) is 0 Å². The highest BCUT2D eigenvalue weighted by molar-refractivity contribution is 7.84. The van der Waals surface area contributed by atoms with E-state index in [0.29, 0.717) is 35.7 Å². The number of carbonyl (C=O) groups excluding carboxylic acids is 1. The second kappa shape index (κ2) is 5.96. The molecule has 0 aliphatic heterocycles. The van der Waals surface area contributed by atoms with E-state index < -0.39 is 10.3 Å². The Morgan fingerprint density at radius 3 is 2.62 bits per heavy atom. The van der Waals surface area contributed by atoms with Crippen LogP contribution in [-0.4, -0.2) is 21.3 Å². The van der Waals surface area contributed by atoms with Crippen LogP contribution in [0.4, 0.5) is 0 Å². The average molecular weight is 379 g/mol. The van der Waals surface area contributed by atoms with Crippen molar-refractivity contribution in [2.45, 2.75) is 51.4 Å². The van der Waals surface area contributed by atoms with Crippen LogP contribution in [0.2, 0.25) is 0 Å². The molecular formula is C19H25NO5S. The maximum absolute atomic E-state index is 12.4. The Hall–Kier alpha value is -1.60. The molecule has 2 fully saturated rings. The summed E-state index contributed by atoms with van der Waals surface area (Å²) in [6.45, 7) is 2.16. The van der Waals surface area contributed by atoms with Gasteiger partial charge in [-0.3, -0.25) is 4.79 Å². The lowest BCUT2D eigenvalue weighted by molar-refractivity contribution is -0.129. The number of fused-ring (bicyclic) bond motifs is 5. The van der Waals surface area contributed by atoms with Crippen molar-refractivity contribution in [2.75, 3.05) is 7.11 Å². The fraction of sp³-hybridized carbons (Fsp3) is 0.632. The number of nitrogens with two attached hydrogens (primary N) is 1. The number of methoxy groups -OCH3 is 1. The van der Waals surface area contributed by atoms with Gasteiger partial charge < -0.3 is 8.92 Å². The zero-order valence-electron chi connectivity index (χ0n) is 15.2. The number of rotatable bonds is 3. The van der Waals surface area contributed by atoms with Gasteiger partial charge in [-0.15, -0.1) is 0 Å². The number of ketones is 1. The van der Waals surface area contributed by atoms with Gasteiger partial charge in [-0.1, -0.05) is 6.92 Å². The smallest absolute Gasteiger partial charge is 0.380 e. The van der Waals surface area contributed by atoms with Crippen LogP contribution < -0.4 is 14.1 Å². The molecule has 2 N–H and O–H groups in total. The quantitative estimate of drug-likeness (QED) is 0.871. The molecule has 3 aliphatic carbocycles. The van der Waals surface area contributed by atoms with Crippen LogP contribution in [-0.2, 0) is 21.5 Å². The predicted octanol–water partition coefficient (Wildman–Crippen LogP) is 2.70. The Morgan fingerprint density at radius 2 is 1.92 bits per heavy atom. The Labute approximate surface area is 154 Å². The lowest BCUT2D eigenvalue weighted by atomic mass is 9.55. The molecule has 2 saturated carbocycles. The molecule has 26 heavy (non-hydrogen) atoms. The number of ether oxygens (including phenoxy) is 1. The first kappa shape index (κ1) is 17.8. The van der Waals surface area contributed by atoms with Gasteiger partial charge in [-0.2, -0.15) is 13.6 Å². The molecule has 1 aromatic carbocycles. The van der Waals surface area contributed by atoms with Crippen molar-refractivity contribution >= 4 is 16.1 Å². The highest BCUT2D eigenvalue weighted by atomic mass is 32.2. The molecular weight excluding hydrogens is 354 g/mol. The van der Waals surface area contributed by atoms with E-state index in [9.17, 15) is 13.2 Å². The van der Waals surface area contributed by atoms with Gasteiger partial charge in [0.05, 0.1) is 7.11 Å². The molecule has 0 spiro atoms. The van der Waals surface area contributed by atoms with Gasteiger partial charge in [-0.25, -0.2) is 0 Å². The van der Waals surface area contributed by atoms with Crippen molar-refractivity contribution in [1.82, 2.24) is 0 Å². The monoisotopic (exact) mass is 379 g/mol. The maximum atomic E-state index is 12.4. The van der Waals surface area contributed by atoms with E-state index in [2.05, 4.69) is 6.92 Å². The first-order chi connectivity index (χ1) is 12.2. The third-order valence-electron chi connectivity index (χ3n) is 6.92. The maximum Gasteiger partial charge on any atom is 0.380 e. The molecule has 0 amide bonds. The predicted molar refractivity (Wildman–Crippen MR) is 96.4 cm³/mol. The van der Waals surface area contributed by atoms with E-state index >= 15 is 0 Å². The van der Waals surface area contributed by atoms with Crippen molar-refractivity contribution in [3.05, 3.63) is 23.3 Å². The van der Waals surface area contributed by atoms with Crippen LogP contribution >= 0.6 is 0 Å². The van der Waals surface area contributed by atoms with Gasteiger partial charge in [0.15, 0.2) is 11.5 Å². The number of hydrogen-bond donors (Lipinski definition) is 1. The van der Waals surface area contributed by atoms with Gasteiger partial charge in [0, 0.05) is 11.8 Å². The molecule has 0 radical (unpaired) electrons. The third-order valence-corrected chi connectivity index (χ3v) is 7.34. The van der Waals surface area contributed by atoms with E-state index in [1.165, 1.54) is 12.7 Å². The van der Waals surface area contributed by atoms with E-state index in [0.717, 1.165) is 37.7 Å². The molecule has 0 heterocycles. The van der Waals surface area contributed by atoms with E-state index in [1.54, 1.807) is 6.07 Å². The summed E-state index contributed by atoms with van der Waals surface area (Å²) in [7, 11) is -2.61. The minimum absolute atomic E-state index is 0.142. The molecule has 0 bridgehead atoms. The topological polar surface area (TPSA) is 95.7 Å². The molecule has 1 aromatic rings. The number of carbonyl (C=O) groups is 1. The first-order valence-electron chi connectivity index (χ1n) is 9.19. The lowest BCUT2D eigenvalue weighted by Gasteiger charge is -2.48. The SMILES string of the molecule is COc1cc2c(cc1OS(N)(=O)=O)CCC1C2CC[C@]2(C)C(=O)CCC12. The van der Waals surface area contributed by atoms with Gasteiger partial charge >= 0.3 is 10.3 Å². The second-order valence-electron chi connectivity index (χ2n) is 8.11. The highest BCUT2D eigenvalue weighted by Gasteiger charge is 2.54. The summed E-state index contributed by atoms with van der Waals surface area (Å²) >= 11 is 0. The van der Waals surface area contributed by atoms with Crippen molar-refractivity contribution in [3.8, 4) is 11.5 Å². The number of Topliss-reactive ketones (excluding diaryl/α,β-unsaturated/α-hetero) is 1. The van der Waals surface area contributed by atoms with Crippen molar-refractivity contribution < 1.29 is 22.1 Å². The third kappa shape index (κ3) is 2.72. The van der Waals surface area contributed by atoms with Gasteiger partial charge in [0.2, 0.25) is 0 Å². The Balaban J connectivity index is 1.72. The van der Waals surface area contributed by atoms with Crippen LogP contribution in [0.5, 0.6) is 11.5 Å². The Kier molecular flexibility index (Phi) is 4.08. The molecule has 0 saturated heterocycles. The fourth-order valence-corrected chi connectivity index (χ4v) is 6.08. The fourth-order valence-electron chi connectivity index (χ4n) is 5.70. The van der Waals surface area contributed by atoms with Gasteiger partial charge in [0.1, 0.15) is 5.78 Å². The summed E-state index contributed by atoms with van der Waals surface area (Å²) < 4.78 is 32.9. The standard InChI is InChI=1S/C19H25NO5S/c1-19-8-7-12-13(15(19)5-6-18(19)21)4-3-11-9-17(25-26(20,22)23)16(24-2)10-14(11)12/h9-10,12-13,15H,3-8H2,1-2H3,(H2,20,22,23)/t12?,13?,15?,19-/m0/s1. The van der Waals surface area contributed by atoms with Crippen LogP contribution in [0.15, 0.2) is 12.1 Å². The summed E-state index contributed by atoms with van der Waals surface area (Å²) in [4.78, 5) is 12.4. The summed E-state index contributed by atoms with van der Waals surface area (Å²) in [5, 5.41) is 5.02. The summed E-state index contributed by atoms with van der Waals surface area (Å²) in [5.74, 6) is 2.30. The normalized spacial score (nSPS) is 33.2. The van der Waals surface area contributed by atoms with Gasteiger partial charge in [0.25, 0.3) is 0 Å². The summed E-state index contributed by atoms with van der Waals surface area (Å²) in [6, 6.07) is 3.66. The number of benzene rings is 1. The molecule has 142 valence electrons. The second-order valence-corrected chi connectivity index (χ2v) is 9.26. The van der Waals surface area contributed by atoms with Gasteiger partial charge in [-0.05, 0) is 73.1 Å². The molecule has 7 heteroatoms. The van der Waals surface area contributed by atoms with Crippen LogP contribution in [0, 0.1) is 17.3 Å². The van der Waals surface area contributed by atoms with Crippen LogP contribution in [0.25, 0.3) is 0 Å². The molecule has 3 unspecified atom stereocenters.